The molecule has 0 saturated carbocycles. The molecule has 0 saturated heterocycles. The zero-order valence-electron chi connectivity index (χ0n) is 14.0. The fourth-order valence-corrected chi connectivity index (χ4v) is 2.10. The van der Waals surface area contributed by atoms with Crippen LogP contribution in [0.15, 0.2) is 65.7 Å². The zero-order chi connectivity index (χ0) is 17.3. The Morgan fingerprint density at radius 1 is 1.35 bits per heavy atom. The number of benzene rings is 1. The number of aliphatic hydroxyl groups is 1. The van der Waals surface area contributed by atoms with Gasteiger partial charge in [-0.2, -0.15) is 0 Å². The predicted molar refractivity (Wildman–Crippen MR) is 100 cm³/mol. The van der Waals surface area contributed by atoms with E-state index >= 15 is 0 Å². The molecule has 3 nitrogen and oxygen atoms in total. The summed E-state index contributed by atoms with van der Waals surface area (Å²) in [5, 5.41) is 13.0. The molecule has 1 aromatic rings. The highest BCUT2D eigenvalue weighted by atomic mass is 79.9. The Bertz CT molecular complexity index is 532. The monoisotopic (exact) mass is 379 g/mol. The first-order chi connectivity index (χ1) is 10.8. The minimum atomic E-state index is -0.995. The van der Waals surface area contributed by atoms with Crippen LogP contribution in [0, 0.1) is 0 Å². The van der Waals surface area contributed by atoms with Crippen LogP contribution in [0.25, 0.3) is 0 Å². The second-order valence-electron chi connectivity index (χ2n) is 6.15. The normalized spacial score (nSPS) is 15.6. The number of nitrogens with one attached hydrogen (secondary N) is 1. The summed E-state index contributed by atoms with van der Waals surface area (Å²) >= 11 is 3.39. The Kier molecular flexibility index (Phi) is 8.48. The van der Waals surface area contributed by atoms with Crippen LogP contribution in [0.3, 0.4) is 0 Å². The largest absolute Gasteiger partial charge is 0.356 e. The number of rotatable bonds is 8. The standard InChI is InChI=1S/C19H26BrNO2/c1-5-17(20)13-9-12-16(15-10-7-6-8-11-15)14-21-18(22)23-19(2,3)4/h5-13,16,18,21-22H,1,14H2,2-4H3. The van der Waals surface area contributed by atoms with Gasteiger partial charge in [-0.15, -0.1) is 0 Å². The summed E-state index contributed by atoms with van der Waals surface area (Å²) in [4.78, 5) is 0. The summed E-state index contributed by atoms with van der Waals surface area (Å²) in [6.45, 7) is 9.99. The van der Waals surface area contributed by atoms with Crippen molar-refractivity contribution in [3.05, 3.63) is 71.3 Å². The SMILES string of the molecule is C=CC(Br)=CC=CC(CNC(O)OC(C)(C)C)c1ccccc1. The van der Waals surface area contributed by atoms with Crippen LogP contribution in [-0.4, -0.2) is 23.7 Å². The molecule has 2 N–H and O–H groups in total. The van der Waals surface area contributed by atoms with Crippen molar-refractivity contribution in [1.82, 2.24) is 5.32 Å². The molecule has 0 spiro atoms. The lowest BCUT2D eigenvalue weighted by Gasteiger charge is -2.25. The van der Waals surface area contributed by atoms with Gasteiger partial charge < -0.3 is 9.84 Å². The Labute approximate surface area is 147 Å². The first-order valence-corrected chi connectivity index (χ1v) is 8.42. The van der Waals surface area contributed by atoms with Gasteiger partial charge in [-0.3, -0.25) is 5.32 Å². The molecule has 0 fully saturated rings. The summed E-state index contributed by atoms with van der Waals surface area (Å²) in [7, 11) is 0. The summed E-state index contributed by atoms with van der Waals surface area (Å²) in [6, 6.07) is 10.1. The van der Waals surface area contributed by atoms with Gasteiger partial charge in [0.15, 0.2) is 0 Å². The first-order valence-electron chi connectivity index (χ1n) is 7.62. The van der Waals surface area contributed by atoms with Crippen LogP contribution in [0.5, 0.6) is 0 Å². The van der Waals surface area contributed by atoms with Gasteiger partial charge >= 0.3 is 0 Å². The van der Waals surface area contributed by atoms with Crippen molar-refractivity contribution in [3.8, 4) is 0 Å². The van der Waals surface area contributed by atoms with Crippen LogP contribution in [0.4, 0.5) is 0 Å². The van der Waals surface area contributed by atoms with E-state index in [2.05, 4.69) is 46.0 Å². The molecule has 0 aliphatic heterocycles. The molecule has 0 bridgehead atoms. The molecular weight excluding hydrogens is 354 g/mol. The summed E-state index contributed by atoms with van der Waals surface area (Å²) in [5.74, 6) is 0.121. The lowest BCUT2D eigenvalue weighted by molar-refractivity contribution is -0.181. The third-order valence-corrected chi connectivity index (χ3v) is 3.59. The van der Waals surface area contributed by atoms with Crippen molar-refractivity contribution in [2.75, 3.05) is 6.54 Å². The molecule has 126 valence electrons. The van der Waals surface area contributed by atoms with Gasteiger partial charge in [0.2, 0.25) is 6.41 Å². The van der Waals surface area contributed by atoms with Gasteiger partial charge in [0.05, 0.1) is 5.60 Å². The van der Waals surface area contributed by atoms with E-state index in [1.54, 1.807) is 6.08 Å². The Morgan fingerprint density at radius 3 is 2.57 bits per heavy atom. The first kappa shape index (κ1) is 19.8. The fraction of sp³-hybridized carbons (Fsp3) is 0.368. The summed E-state index contributed by atoms with van der Waals surface area (Å²) in [5.41, 5.74) is 0.768. The van der Waals surface area contributed by atoms with Crippen LogP contribution < -0.4 is 5.32 Å². The number of allylic oxidation sites excluding steroid dienone is 4. The molecule has 0 aromatic heterocycles. The van der Waals surface area contributed by atoms with Crippen LogP contribution in [-0.2, 0) is 4.74 Å². The zero-order valence-corrected chi connectivity index (χ0v) is 15.6. The third kappa shape index (κ3) is 8.86. The number of hydrogen-bond acceptors (Lipinski definition) is 3. The number of aliphatic hydroxyl groups excluding tert-OH is 1. The molecule has 0 amide bonds. The van der Waals surface area contributed by atoms with Gasteiger partial charge in [-0.05, 0) is 32.4 Å². The van der Waals surface area contributed by atoms with Crippen molar-refractivity contribution in [1.29, 1.82) is 0 Å². The highest BCUT2D eigenvalue weighted by molar-refractivity contribution is 9.11. The van der Waals surface area contributed by atoms with Crippen LogP contribution >= 0.6 is 15.9 Å². The molecule has 4 heteroatoms. The maximum Gasteiger partial charge on any atom is 0.214 e. The Balaban J connectivity index is 2.75. The summed E-state index contributed by atoms with van der Waals surface area (Å²) < 4.78 is 6.39. The van der Waals surface area contributed by atoms with E-state index in [4.69, 9.17) is 4.74 Å². The van der Waals surface area contributed by atoms with Gasteiger partial charge in [-0.1, -0.05) is 71.1 Å². The van der Waals surface area contributed by atoms with Crippen molar-refractivity contribution < 1.29 is 9.84 Å². The van der Waals surface area contributed by atoms with E-state index in [-0.39, 0.29) is 5.92 Å². The Hall–Kier alpha value is -1.20. The van der Waals surface area contributed by atoms with Gasteiger partial charge in [0, 0.05) is 16.9 Å². The average Bonchev–Trinajstić information content (AvgIpc) is 2.49. The maximum atomic E-state index is 9.94. The van der Waals surface area contributed by atoms with E-state index < -0.39 is 12.0 Å². The molecule has 0 aliphatic rings. The van der Waals surface area contributed by atoms with Crippen LogP contribution in [0.1, 0.15) is 32.3 Å². The molecular formula is C19H26BrNO2. The van der Waals surface area contributed by atoms with E-state index in [1.807, 2.05) is 51.1 Å². The second kappa shape index (κ2) is 9.83. The number of halogens is 1. The van der Waals surface area contributed by atoms with Crippen molar-refractivity contribution in [2.45, 2.75) is 38.7 Å². The fourth-order valence-electron chi connectivity index (χ4n) is 1.95. The van der Waals surface area contributed by atoms with Crippen molar-refractivity contribution in [3.63, 3.8) is 0 Å². The maximum absolute atomic E-state index is 9.94. The quantitative estimate of drug-likeness (QED) is 0.517. The lowest BCUT2D eigenvalue weighted by Crippen LogP contribution is -2.39. The summed E-state index contributed by atoms with van der Waals surface area (Å²) in [6.07, 6.45) is 6.73. The van der Waals surface area contributed by atoms with Gasteiger partial charge in [-0.25, -0.2) is 0 Å². The average molecular weight is 380 g/mol. The van der Waals surface area contributed by atoms with E-state index in [0.29, 0.717) is 6.54 Å². The lowest BCUT2D eigenvalue weighted by atomic mass is 9.98. The molecule has 0 heterocycles. The topological polar surface area (TPSA) is 41.5 Å². The van der Waals surface area contributed by atoms with Crippen molar-refractivity contribution >= 4 is 15.9 Å². The van der Waals surface area contributed by atoms with Crippen molar-refractivity contribution in [2.24, 2.45) is 0 Å². The van der Waals surface area contributed by atoms with E-state index in [0.717, 1.165) is 4.48 Å². The van der Waals surface area contributed by atoms with Gasteiger partial charge in [0.25, 0.3) is 0 Å². The van der Waals surface area contributed by atoms with Gasteiger partial charge in [0.1, 0.15) is 0 Å². The van der Waals surface area contributed by atoms with E-state index in [1.165, 1.54) is 5.56 Å². The molecule has 2 atom stereocenters. The minimum Gasteiger partial charge on any atom is -0.356 e. The second-order valence-corrected chi connectivity index (χ2v) is 7.06. The predicted octanol–water partition coefficient (Wildman–Crippen LogP) is 4.47. The molecule has 0 radical (unpaired) electrons. The molecule has 1 rings (SSSR count). The van der Waals surface area contributed by atoms with E-state index in [9.17, 15) is 5.11 Å². The smallest absolute Gasteiger partial charge is 0.214 e. The Morgan fingerprint density at radius 2 is 2.00 bits per heavy atom. The molecule has 0 aliphatic carbocycles. The number of ether oxygens (including phenoxy) is 1. The highest BCUT2D eigenvalue weighted by Crippen LogP contribution is 2.18. The molecule has 2 unspecified atom stereocenters. The molecule has 23 heavy (non-hydrogen) atoms. The molecule has 1 aromatic carbocycles. The van der Waals surface area contributed by atoms with Crippen LogP contribution in [0.2, 0.25) is 0 Å². The minimum absolute atomic E-state index is 0.121. The highest BCUT2D eigenvalue weighted by Gasteiger charge is 2.17. The third-order valence-electron chi connectivity index (χ3n) is 3.00. The number of hydrogen-bond donors (Lipinski definition) is 2.